The number of halogens is 1. The maximum atomic E-state index is 13.9. The molecule has 3 aromatic rings. The Morgan fingerprint density at radius 1 is 0.963 bits per heavy atom. The van der Waals surface area contributed by atoms with Crippen LogP contribution in [0.2, 0.25) is 0 Å². The van der Waals surface area contributed by atoms with Gasteiger partial charge in [0.25, 0.3) is 0 Å². The number of hydrogen-bond acceptors (Lipinski definition) is 5. The van der Waals surface area contributed by atoms with Crippen LogP contribution in [-0.2, 0) is 5.41 Å². The molecule has 1 aromatic heterocycles. The van der Waals surface area contributed by atoms with Crippen molar-refractivity contribution >= 4 is 16.7 Å². The average molecular weight is 364 g/mol. The minimum Gasteiger partial charge on any atom is -0.491 e. The number of rotatable bonds is 2. The molecule has 0 saturated heterocycles. The molecule has 27 heavy (non-hydrogen) atoms. The smallest absolute Gasteiger partial charge is 0.201 e. The summed E-state index contributed by atoms with van der Waals surface area (Å²) in [6.45, 7) is 8.60. The minimum absolute atomic E-state index is 0.0477. The SMILES string of the molecule is COc1c(F)ccc2nc(C3=NC(C)(C)C(C)(C)c4ccccc43)nnc12. The molecule has 0 spiro atoms. The van der Waals surface area contributed by atoms with Crippen LogP contribution in [0.5, 0.6) is 5.75 Å². The first-order valence-corrected chi connectivity index (χ1v) is 8.83. The summed E-state index contributed by atoms with van der Waals surface area (Å²) >= 11 is 0. The molecule has 2 heterocycles. The van der Waals surface area contributed by atoms with Gasteiger partial charge in [-0.05, 0) is 31.5 Å². The number of methoxy groups -OCH3 is 1. The van der Waals surface area contributed by atoms with Gasteiger partial charge in [0.05, 0.1) is 18.2 Å². The van der Waals surface area contributed by atoms with Gasteiger partial charge in [-0.15, -0.1) is 10.2 Å². The molecule has 0 radical (unpaired) electrons. The Morgan fingerprint density at radius 2 is 1.70 bits per heavy atom. The Labute approximate surface area is 157 Å². The third-order valence-electron chi connectivity index (χ3n) is 5.73. The predicted octanol–water partition coefficient (Wildman–Crippen LogP) is 4.08. The maximum absolute atomic E-state index is 13.9. The van der Waals surface area contributed by atoms with E-state index in [4.69, 9.17) is 9.73 Å². The van der Waals surface area contributed by atoms with Crippen molar-refractivity contribution < 1.29 is 9.13 Å². The first kappa shape index (κ1) is 17.5. The van der Waals surface area contributed by atoms with Gasteiger partial charge in [0.1, 0.15) is 5.71 Å². The third-order valence-corrected chi connectivity index (χ3v) is 5.73. The molecule has 6 heteroatoms. The molecule has 0 fully saturated rings. The van der Waals surface area contributed by atoms with Crippen LogP contribution < -0.4 is 4.74 Å². The van der Waals surface area contributed by atoms with Crippen molar-refractivity contribution in [1.82, 2.24) is 15.2 Å². The molecule has 1 aliphatic rings. The average Bonchev–Trinajstić information content (AvgIpc) is 2.65. The maximum Gasteiger partial charge on any atom is 0.201 e. The largest absolute Gasteiger partial charge is 0.491 e. The Morgan fingerprint density at radius 3 is 2.44 bits per heavy atom. The van der Waals surface area contributed by atoms with Crippen molar-refractivity contribution in [2.24, 2.45) is 4.99 Å². The molecule has 0 N–H and O–H groups in total. The van der Waals surface area contributed by atoms with Gasteiger partial charge in [0, 0.05) is 11.0 Å². The highest BCUT2D eigenvalue weighted by atomic mass is 19.1. The van der Waals surface area contributed by atoms with Crippen LogP contribution in [0.1, 0.15) is 44.6 Å². The van der Waals surface area contributed by atoms with Gasteiger partial charge >= 0.3 is 0 Å². The highest BCUT2D eigenvalue weighted by molar-refractivity contribution is 6.13. The van der Waals surface area contributed by atoms with Gasteiger partial charge in [0.2, 0.25) is 5.82 Å². The van der Waals surface area contributed by atoms with E-state index in [0.29, 0.717) is 22.6 Å². The Kier molecular flexibility index (Phi) is 3.77. The summed E-state index contributed by atoms with van der Waals surface area (Å²) in [6.07, 6.45) is 0. The number of aliphatic imine (C=N–C) groups is 1. The first-order valence-electron chi connectivity index (χ1n) is 8.83. The lowest BCUT2D eigenvalue weighted by atomic mass is 9.66. The monoisotopic (exact) mass is 364 g/mol. The molecule has 0 saturated carbocycles. The molecular weight excluding hydrogens is 343 g/mol. The number of hydrogen-bond donors (Lipinski definition) is 0. The van der Waals surface area contributed by atoms with Crippen molar-refractivity contribution in [3.63, 3.8) is 0 Å². The summed E-state index contributed by atoms with van der Waals surface area (Å²) in [4.78, 5) is 9.60. The Balaban J connectivity index is 1.95. The van der Waals surface area contributed by atoms with Gasteiger partial charge in [0.15, 0.2) is 17.1 Å². The summed E-state index contributed by atoms with van der Waals surface area (Å²) in [7, 11) is 1.40. The normalized spacial score (nSPS) is 17.3. The van der Waals surface area contributed by atoms with E-state index in [-0.39, 0.29) is 16.7 Å². The van der Waals surface area contributed by atoms with Crippen molar-refractivity contribution in [2.45, 2.75) is 38.6 Å². The number of aromatic nitrogens is 3. The zero-order valence-corrected chi connectivity index (χ0v) is 16.0. The number of ether oxygens (including phenoxy) is 1. The summed E-state index contributed by atoms with van der Waals surface area (Å²) in [5, 5.41) is 8.44. The van der Waals surface area contributed by atoms with E-state index in [2.05, 4.69) is 48.9 Å². The number of nitrogens with zero attached hydrogens (tertiary/aromatic N) is 4. The van der Waals surface area contributed by atoms with Gasteiger partial charge in [-0.25, -0.2) is 9.37 Å². The second-order valence-corrected chi connectivity index (χ2v) is 7.77. The molecule has 0 unspecified atom stereocenters. The molecule has 0 atom stereocenters. The lowest BCUT2D eigenvalue weighted by molar-refractivity contribution is 0.303. The van der Waals surface area contributed by atoms with Crippen molar-refractivity contribution in [3.8, 4) is 5.75 Å². The lowest BCUT2D eigenvalue weighted by Gasteiger charge is -2.44. The second kappa shape index (κ2) is 5.81. The standard InChI is InChI=1S/C21H21FN4O/c1-20(2)13-9-7-6-8-12(13)16(24-21(20,3)4)19-23-15-11-10-14(22)18(27-5)17(15)25-26-19/h6-11H,1-5H3. The molecule has 0 aliphatic carbocycles. The van der Waals surface area contributed by atoms with Crippen LogP contribution >= 0.6 is 0 Å². The van der Waals surface area contributed by atoms with E-state index >= 15 is 0 Å². The molecule has 5 nitrogen and oxygen atoms in total. The summed E-state index contributed by atoms with van der Waals surface area (Å²) in [6, 6.07) is 11.1. The molecule has 0 bridgehead atoms. The van der Waals surface area contributed by atoms with Crippen LogP contribution in [0.3, 0.4) is 0 Å². The Bertz CT molecular complexity index is 1090. The zero-order valence-electron chi connectivity index (χ0n) is 16.0. The molecule has 4 rings (SSSR count). The highest BCUT2D eigenvalue weighted by Gasteiger charge is 2.44. The van der Waals surface area contributed by atoms with E-state index in [1.165, 1.54) is 18.7 Å². The lowest BCUT2D eigenvalue weighted by Crippen LogP contribution is -2.46. The summed E-state index contributed by atoms with van der Waals surface area (Å²) in [5.74, 6) is -0.0178. The van der Waals surface area contributed by atoms with Crippen LogP contribution in [0.4, 0.5) is 4.39 Å². The van der Waals surface area contributed by atoms with E-state index < -0.39 is 5.82 Å². The second-order valence-electron chi connectivity index (χ2n) is 7.77. The molecular formula is C21H21FN4O. The van der Waals surface area contributed by atoms with Gasteiger partial charge in [-0.1, -0.05) is 38.1 Å². The number of fused-ring (bicyclic) bond motifs is 2. The molecule has 0 amide bonds. The van der Waals surface area contributed by atoms with Gasteiger partial charge in [-0.2, -0.15) is 0 Å². The van der Waals surface area contributed by atoms with Crippen LogP contribution in [0, 0.1) is 5.82 Å². The Hall–Kier alpha value is -2.89. The van der Waals surface area contributed by atoms with E-state index in [9.17, 15) is 4.39 Å². The summed E-state index contributed by atoms with van der Waals surface area (Å²) < 4.78 is 19.0. The van der Waals surface area contributed by atoms with E-state index in [0.717, 1.165) is 5.56 Å². The van der Waals surface area contributed by atoms with Crippen molar-refractivity contribution in [3.05, 3.63) is 59.2 Å². The van der Waals surface area contributed by atoms with E-state index in [1.54, 1.807) is 6.07 Å². The fourth-order valence-electron chi connectivity index (χ4n) is 3.47. The van der Waals surface area contributed by atoms with Crippen molar-refractivity contribution in [1.29, 1.82) is 0 Å². The van der Waals surface area contributed by atoms with Gasteiger partial charge < -0.3 is 4.74 Å². The van der Waals surface area contributed by atoms with Crippen LogP contribution in [-0.4, -0.2) is 33.5 Å². The molecule has 1 aliphatic heterocycles. The van der Waals surface area contributed by atoms with E-state index in [1.807, 2.05) is 18.2 Å². The third kappa shape index (κ3) is 2.51. The molecule has 2 aromatic carbocycles. The van der Waals surface area contributed by atoms with Gasteiger partial charge in [-0.3, -0.25) is 4.99 Å². The van der Waals surface area contributed by atoms with Crippen LogP contribution in [0.15, 0.2) is 41.4 Å². The zero-order chi connectivity index (χ0) is 19.4. The van der Waals surface area contributed by atoms with Crippen molar-refractivity contribution in [2.75, 3.05) is 7.11 Å². The highest BCUT2D eigenvalue weighted by Crippen LogP contribution is 2.43. The predicted molar refractivity (Wildman–Crippen MR) is 103 cm³/mol. The van der Waals surface area contributed by atoms with Crippen LogP contribution in [0.25, 0.3) is 11.0 Å². The first-order chi connectivity index (χ1) is 12.8. The quantitative estimate of drug-likeness (QED) is 0.687. The number of benzene rings is 2. The fourth-order valence-corrected chi connectivity index (χ4v) is 3.47. The molecule has 138 valence electrons. The topological polar surface area (TPSA) is 60.3 Å². The summed E-state index contributed by atoms with van der Waals surface area (Å²) in [5.41, 5.74) is 3.20. The minimum atomic E-state index is -0.489. The fraction of sp³-hybridized carbons (Fsp3) is 0.333.